The molecule has 4 aromatic rings. The van der Waals surface area contributed by atoms with Crippen LogP contribution in [0, 0.1) is 0 Å². The van der Waals surface area contributed by atoms with Crippen LogP contribution in [0.3, 0.4) is 0 Å². The van der Waals surface area contributed by atoms with Crippen LogP contribution in [-0.2, 0) is 14.9 Å². The Morgan fingerprint density at radius 1 is 0.935 bits per heavy atom. The highest BCUT2D eigenvalue weighted by Crippen LogP contribution is 2.36. The molecule has 3 aromatic carbocycles. The molecule has 1 aromatic heterocycles. The summed E-state index contributed by atoms with van der Waals surface area (Å²) in [6.07, 6.45) is 3.57. The maximum Gasteiger partial charge on any atom is 0.296 e. The van der Waals surface area contributed by atoms with Gasteiger partial charge in [0.05, 0.1) is 31.6 Å². The van der Waals surface area contributed by atoms with Gasteiger partial charge in [-0.25, -0.2) is 4.98 Å². The number of fused-ring (bicyclic) bond motifs is 1. The third-order valence-electron chi connectivity index (χ3n) is 8.14. The lowest BCUT2D eigenvalue weighted by Crippen LogP contribution is -2.37. The minimum atomic E-state index is -0.838. The van der Waals surface area contributed by atoms with Crippen molar-refractivity contribution in [2.75, 3.05) is 48.9 Å². The predicted octanol–water partition coefficient (Wildman–Crippen LogP) is 5.23. The van der Waals surface area contributed by atoms with Crippen molar-refractivity contribution >= 4 is 51.5 Å². The van der Waals surface area contributed by atoms with Crippen LogP contribution in [0.2, 0.25) is 0 Å². The highest BCUT2D eigenvalue weighted by molar-refractivity contribution is 6.48. The first-order valence-corrected chi connectivity index (χ1v) is 15.5. The Morgan fingerprint density at radius 3 is 2.37 bits per heavy atom. The van der Waals surface area contributed by atoms with Crippen molar-refractivity contribution in [2.45, 2.75) is 45.1 Å². The highest BCUT2D eigenvalue weighted by Gasteiger charge is 2.29. The number of ketones is 1. The van der Waals surface area contributed by atoms with E-state index in [1.807, 2.05) is 39.0 Å². The zero-order valence-electron chi connectivity index (χ0n) is 26.5. The van der Waals surface area contributed by atoms with E-state index in [1.54, 1.807) is 42.6 Å². The molecule has 2 aliphatic rings. The Hall–Kier alpha value is -5.03. The van der Waals surface area contributed by atoms with Gasteiger partial charge in [0.2, 0.25) is 5.95 Å². The van der Waals surface area contributed by atoms with E-state index in [-0.39, 0.29) is 34.4 Å². The lowest BCUT2D eigenvalue weighted by atomic mass is 9.85. The largest absolute Gasteiger partial charge is 0.494 e. The molecule has 0 spiro atoms. The van der Waals surface area contributed by atoms with Crippen LogP contribution in [0.15, 0.2) is 60.8 Å². The number of ether oxygens (including phenoxy) is 2. The first-order valence-electron chi connectivity index (χ1n) is 15.5. The maximum atomic E-state index is 13.7. The Bertz CT molecular complexity index is 1810. The number of nitrogens with one attached hydrogen (secondary N) is 3. The molecule has 238 valence electrons. The average molecular weight is 623 g/mol. The van der Waals surface area contributed by atoms with Crippen LogP contribution in [0.25, 0.3) is 10.8 Å². The molecular formula is C35H38N6O5. The fourth-order valence-electron chi connectivity index (χ4n) is 5.41. The molecule has 1 aliphatic carbocycles. The number of carbonyl (C=O) groups excluding carboxylic acids is 3. The van der Waals surface area contributed by atoms with Gasteiger partial charge in [0.1, 0.15) is 5.82 Å². The molecule has 0 bridgehead atoms. The summed E-state index contributed by atoms with van der Waals surface area (Å²) in [6.45, 7) is 8.72. The molecule has 6 rings (SSSR count). The Labute approximate surface area is 267 Å². The maximum absolute atomic E-state index is 13.7. The van der Waals surface area contributed by atoms with Crippen LogP contribution in [0.4, 0.5) is 23.1 Å². The second-order valence-corrected chi connectivity index (χ2v) is 12.6. The van der Waals surface area contributed by atoms with Gasteiger partial charge in [-0.2, -0.15) is 4.98 Å². The SMILES string of the molecule is COc1c(NC(=O)C(=O)c2ccc(Nc3ccnc(N4CCOCC4)n3)c3ccccc23)cc(C(C)(C)C)cc1C(=O)NC1CC1. The number of Topliss-reactive ketones (excluding diaryl/α,β-unsaturated/α-hetero) is 1. The standard InChI is InChI=1S/C35H38N6O5/c1-35(2,3)21-19-26(32(43)37-22-9-10-22)31(45-4)28(20-21)39-33(44)30(42)25-11-12-27(24-8-6-5-7-23(24)25)38-29-13-14-36-34(40-29)41-15-17-46-18-16-41/h5-8,11-14,19-20,22H,9-10,15-18H2,1-4H3,(H,37,43)(H,39,44)(H,36,38,40). The molecule has 1 aliphatic heterocycles. The molecule has 1 saturated heterocycles. The van der Waals surface area contributed by atoms with Crippen LogP contribution in [0.5, 0.6) is 5.75 Å². The summed E-state index contributed by atoms with van der Waals surface area (Å²) >= 11 is 0. The molecule has 0 radical (unpaired) electrons. The summed E-state index contributed by atoms with van der Waals surface area (Å²) in [5.74, 6) is -0.410. The normalized spacial score (nSPS) is 14.9. The van der Waals surface area contributed by atoms with Crippen LogP contribution < -0.4 is 25.6 Å². The fraction of sp³-hybridized carbons (Fsp3) is 0.343. The summed E-state index contributed by atoms with van der Waals surface area (Å²) in [5.41, 5.74) is 2.02. The molecular weight excluding hydrogens is 584 g/mol. The smallest absolute Gasteiger partial charge is 0.296 e. The molecule has 11 nitrogen and oxygen atoms in total. The Morgan fingerprint density at radius 2 is 1.67 bits per heavy atom. The quantitative estimate of drug-likeness (QED) is 0.169. The van der Waals surface area contributed by atoms with E-state index >= 15 is 0 Å². The van der Waals surface area contributed by atoms with Crippen LogP contribution >= 0.6 is 0 Å². The molecule has 2 fully saturated rings. The Kier molecular flexibility index (Phi) is 8.59. The van der Waals surface area contributed by atoms with Crippen molar-refractivity contribution in [1.82, 2.24) is 15.3 Å². The van der Waals surface area contributed by atoms with Gasteiger partial charge < -0.3 is 30.3 Å². The zero-order valence-corrected chi connectivity index (χ0v) is 26.5. The number of amides is 2. The number of morpholine rings is 1. The van der Waals surface area contributed by atoms with Crippen molar-refractivity contribution < 1.29 is 23.9 Å². The molecule has 1 saturated carbocycles. The van der Waals surface area contributed by atoms with Crippen molar-refractivity contribution in [2.24, 2.45) is 0 Å². The summed E-state index contributed by atoms with van der Waals surface area (Å²) < 4.78 is 11.1. The fourth-order valence-corrected chi connectivity index (χ4v) is 5.41. The van der Waals surface area contributed by atoms with E-state index in [0.717, 1.165) is 29.5 Å². The number of nitrogens with zero attached hydrogens (tertiary/aromatic N) is 3. The highest BCUT2D eigenvalue weighted by atomic mass is 16.5. The monoisotopic (exact) mass is 622 g/mol. The molecule has 0 unspecified atom stereocenters. The number of anilines is 4. The van der Waals surface area contributed by atoms with Gasteiger partial charge in [0.15, 0.2) is 5.75 Å². The van der Waals surface area contributed by atoms with Crippen molar-refractivity contribution in [3.05, 3.63) is 77.5 Å². The second kappa shape index (κ2) is 12.8. The zero-order chi connectivity index (χ0) is 32.4. The van der Waals surface area contributed by atoms with Crippen molar-refractivity contribution in [3.8, 4) is 5.75 Å². The van der Waals surface area contributed by atoms with Crippen LogP contribution in [-0.4, -0.2) is 67.0 Å². The first kappa shape index (κ1) is 31.0. The van der Waals surface area contributed by atoms with Gasteiger partial charge in [-0.1, -0.05) is 45.0 Å². The predicted molar refractivity (Wildman–Crippen MR) is 177 cm³/mol. The number of carbonyl (C=O) groups is 3. The second-order valence-electron chi connectivity index (χ2n) is 12.6. The lowest BCUT2D eigenvalue weighted by molar-refractivity contribution is -0.112. The van der Waals surface area contributed by atoms with E-state index in [1.165, 1.54) is 7.11 Å². The number of benzene rings is 3. The third-order valence-corrected chi connectivity index (χ3v) is 8.14. The van der Waals surface area contributed by atoms with Gasteiger partial charge in [0, 0.05) is 42.0 Å². The number of rotatable bonds is 9. The van der Waals surface area contributed by atoms with E-state index in [0.29, 0.717) is 49.0 Å². The van der Waals surface area contributed by atoms with Gasteiger partial charge in [-0.15, -0.1) is 0 Å². The van der Waals surface area contributed by atoms with Gasteiger partial charge in [-0.05, 0) is 59.5 Å². The topological polar surface area (TPSA) is 135 Å². The molecule has 3 N–H and O–H groups in total. The van der Waals surface area contributed by atoms with E-state index in [2.05, 4.69) is 30.8 Å². The summed E-state index contributed by atoms with van der Waals surface area (Å²) in [5, 5.41) is 10.5. The molecule has 2 amide bonds. The lowest BCUT2D eigenvalue weighted by Gasteiger charge is -2.26. The average Bonchev–Trinajstić information content (AvgIpc) is 3.88. The minimum absolute atomic E-state index is 0.141. The first-order chi connectivity index (χ1) is 22.1. The molecule has 11 heteroatoms. The van der Waals surface area contributed by atoms with Gasteiger partial charge in [0.25, 0.3) is 17.6 Å². The van der Waals surface area contributed by atoms with E-state index in [4.69, 9.17) is 9.47 Å². The van der Waals surface area contributed by atoms with Crippen molar-refractivity contribution in [3.63, 3.8) is 0 Å². The van der Waals surface area contributed by atoms with Gasteiger partial charge in [-0.3, -0.25) is 14.4 Å². The summed E-state index contributed by atoms with van der Waals surface area (Å²) in [7, 11) is 1.44. The molecule has 46 heavy (non-hydrogen) atoms. The van der Waals surface area contributed by atoms with E-state index < -0.39 is 11.7 Å². The number of methoxy groups -OCH3 is 1. The number of hydrogen-bond donors (Lipinski definition) is 3. The van der Waals surface area contributed by atoms with Crippen molar-refractivity contribution in [1.29, 1.82) is 0 Å². The summed E-state index contributed by atoms with van der Waals surface area (Å²) in [4.78, 5) is 51.6. The minimum Gasteiger partial charge on any atom is -0.494 e. The third kappa shape index (κ3) is 6.64. The van der Waals surface area contributed by atoms with E-state index in [9.17, 15) is 14.4 Å². The van der Waals surface area contributed by atoms with Gasteiger partial charge >= 0.3 is 0 Å². The number of hydrogen-bond acceptors (Lipinski definition) is 9. The number of aromatic nitrogens is 2. The molecule has 0 atom stereocenters. The summed E-state index contributed by atoms with van der Waals surface area (Å²) in [6, 6.07) is 16.3. The molecule has 2 heterocycles. The Balaban J connectivity index is 1.28. The van der Waals surface area contributed by atoms with Crippen LogP contribution in [0.1, 0.15) is 59.9 Å².